The van der Waals surface area contributed by atoms with E-state index in [0.29, 0.717) is 8.58 Å². The summed E-state index contributed by atoms with van der Waals surface area (Å²) in [5.41, 5.74) is 0.826. The predicted molar refractivity (Wildman–Crippen MR) is 61.6 cm³/mol. The normalized spacial score (nSPS) is 12.2. The van der Waals surface area contributed by atoms with E-state index in [-0.39, 0.29) is 5.41 Å². The molecule has 0 fully saturated rings. The van der Waals surface area contributed by atoms with E-state index in [4.69, 9.17) is 5.41 Å². The van der Waals surface area contributed by atoms with Crippen LogP contribution in [0.15, 0.2) is 30.3 Å². The van der Waals surface area contributed by atoms with Gasteiger partial charge in [-0.25, -0.2) is 0 Å². The monoisotopic (exact) mass is 193 g/mol. The van der Waals surface area contributed by atoms with Crippen LogP contribution >= 0.6 is 8.58 Å². The van der Waals surface area contributed by atoms with Crippen molar-refractivity contribution in [3.05, 3.63) is 30.3 Å². The van der Waals surface area contributed by atoms with Gasteiger partial charge in [-0.1, -0.05) is 51.1 Å². The Morgan fingerprint density at radius 2 is 1.69 bits per heavy atom. The van der Waals surface area contributed by atoms with Crippen LogP contribution in [0.1, 0.15) is 20.8 Å². The first-order valence-corrected chi connectivity index (χ1v) is 5.41. The van der Waals surface area contributed by atoms with Gasteiger partial charge in [-0.3, -0.25) is 0 Å². The molecule has 1 unspecified atom stereocenters. The molecule has 70 valence electrons. The van der Waals surface area contributed by atoms with Crippen LogP contribution in [0, 0.1) is 10.8 Å². The van der Waals surface area contributed by atoms with Gasteiger partial charge in [0.25, 0.3) is 0 Å². The lowest BCUT2D eigenvalue weighted by Gasteiger charge is -2.19. The van der Waals surface area contributed by atoms with Crippen molar-refractivity contribution >= 4 is 19.3 Å². The molecular formula is C11H16NP. The lowest BCUT2D eigenvalue weighted by Crippen LogP contribution is -2.16. The third-order valence-corrected chi connectivity index (χ3v) is 3.42. The minimum atomic E-state index is 0.00822. The van der Waals surface area contributed by atoms with Crippen molar-refractivity contribution < 1.29 is 0 Å². The summed E-state index contributed by atoms with van der Waals surface area (Å²) in [4.78, 5) is 0. The third kappa shape index (κ3) is 3.28. The molecule has 1 aromatic rings. The lowest BCUT2D eigenvalue weighted by molar-refractivity contribution is 0.598. The maximum atomic E-state index is 7.89. The summed E-state index contributed by atoms with van der Waals surface area (Å²) < 4.78 is 0. The van der Waals surface area contributed by atoms with Gasteiger partial charge in [0.2, 0.25) is 0 Å². The molecule has 0 aromatic heterocycles. The van der Waals surface area contributed by atoms with E-state index in [2.05, 4.69) is 32.9 Å². The molecule has 1 N–H and O–H groups in total. The zero-order valence-electron chi connectivity index (χ0n) is 8.39. The molecule has 13 heavy (non-hydrogen) atoms. The molecule has 0 radical (unpaired) electrons. The van der Waals surface area contributed by atoms with Crippen LogP contribution in [-0.4, -0.2) is 5.45 Å². The Bertz CT molecular complexity index is 285. The Kier molecular flexibility index (Phi) is 3.22. The van der Waals surface area contributed by atoms with Gasteiger partial charge in [-0.2, -0.15) is 0 Å². The van der Waals surface area contributed by atoms with Crippen LogP contribution in [0.4, 0.5) is 0 Å². The maximum absolute atomic E-state index is 7.89. The third-order valence-electron chi connectivity index (χ3n) is 1.79. The molecule has 2 heteroatoms. The smallest absolute Gasteiger partial charge is 0.0386 e. The first-order chi connectivity index (χ1) is 6.00. The highest BCUT2D eigenvalue weighted by molar-refractivity contribution is 7.65. The highest BCUT2D eigenvalue weighted by Crippen LogP contribution is 2.26. The fourth-order valence-corrected chi connectivity index (χ4v) is 1.88. The van der Waals surface area contributed by atoms with Crippen molar-refractivity contribution in [1.29, 1.82) is 5.41 Å². The van der Waals surface area contributed by atoms with E-state index in [0.717, 1.165) is 5.45 Å². The molecule has 1 nitrogen and oxygen atoms in total. The van der Waals surface area contributed by atoms with Crippen molar-refractivity contribution in [3.8, 4) is 0 Å². The van der Waals surface area contributed by atoms with E-state index in [1.54, 1.807) is 0 Å². The summed E-state index contributed by atoms with van der Waals surface area (Å²) >= 11 is 0. The van der Waals surface area contributed by atoms with Gasteiger partial charge < -0.3 is 5.41 Å². The molecule has 0 aliphatic carbocycles. The minimum Gasteiger partial charge on any atom is -0.304 e. The largest absolute Gasteiger partial charge is 0.304 e. The zero-order chi connectivity index (χ0) is 9.90. The van der Waals surface area contributed by atoms with Gasteiger partial charge in [0.05, 0.1) is 0 Å². The van der Waals surface area contributed by atoms with E-state index in [1.165, 1.54) is 5.30 Å². The van der Waals surface area contributed by atoms with Crippen molar-refractivity contribution in [3.63, 3.8) is 0 Å². The summed E-state index contributed by atoms with van der Waals surface area (Å²) in [7, 11) is 0.513. The second-order valence-electron chi connectivity index (χ2n) is 4.12. The lowest BCUT2D eigenvalue weighted by atomic mass is 9.99. The minimum absolute atomic E-state index is 0.00822. The topological polar surface area (TPSA) is 23.9 Å². The first-order valence-electron chi connectivity index (χ1n) is 4.41. The zero-order valence-corrected chi connectivity index (χ0v) is 9.39. The molecule has 1 aromatic carbocycles. The maximum Gasteiger partial charge on any atom is 0.0386 e. The quantitative estimate of drug-likeness (QED) is 0.551. The fourth-order valence-electron chi connectivity index (χ4n) is 0.853. The van der Waals surface area contributed by atoms with Crippen LogP contribution in [0.3, 0.4) is 0 Å². The second-order valence-corrected chi connectivity index (χ2v) is 5.44. The van der Waals surface area contributed by atoms with E-state index in [1.807, 2.05) is 18.2 Å². The van der Waals surface area contributed by atoms with Crippen LogP contribution in [-0.2, 0) is 0 Å². The molecule has 0 aliphatic heterocycles. The summed E-state index contributed by atoms with van der Waals surface area (Å²) in [5.74, 6) is 0. The molecule has 0 bridgehead atoms. The Hall–Kier alpha value is -0.680. The van der Waals surface area contributed by atoms with Crippen molar-refractivity contribution in [2.24, 2.45) is 5.41 Å². The average Bonchev–Trinajstić information content (AvgIpc) is 2.04. The molecule has 0 saturated carbocycles. The molecule has 1 rings (SSSR count). The average molecular weight is 193 g/mol. The summed E-state index contributed by atoms with van der Waals surface area (Å²) in [6, 6.07) is 10.2. The van der Waals surface area contributed by atoms with Crippen molar-refractivity contribution in [2.75, 3.05) is 0 Å². The molecule has 0 spiro atoms. The van der Waals surface area contributed by atoms with Gasteiger partial charge in [0, 0.05) is 10.9 Å². The molecule has 0 saturated heterocycles. The van der Waals surface area contributed by atoms with E-state index >= 15 is 0 Å². The van der Waals surface area contributed by atoms with Gasteiger partial charge >= 0.3 is 0 Å². The number of benzene rings is 1. The van der Waals surface area contributed by atoms with Crippen LogP contribution in [0.2, 0.25) is 0 Å². The van der Waals surface area contributed by atoms with Crippen molar-refractivity contribution in [2.45, 2.75) is 20.8 Å². The van der Waals surface area contributed by atoms with Gasteiger partial charge in [0.1, 0.15) is 0 Å². The Balaban J connectivity index is 2.66. The van der Waals surface area contributed by atoms with Crippen LogP contribution < -0.4 is 5.30 Å². The van der Waals surface area contributed by atoms with Gasteiger partial charge in [0.15, 0.2) is 0 Å². The molecule has 1 atom stereocenters. The molecular weight excluding hydrogens is 177 g/mol. The molecule has 0 amide bonds. The van der Waals surface area contributed by atoms with E-state index in [9.17, 15) is 0 Å². The van der Waals surface area contributed by atoms with Crippen molar-refractivity contribution in [1.82, 2.24) is 0 Å². The predicted octanol–water partition coefficient (Wildman–Crippen LogP) is 3.01. The number of hydrogen-bond acceptors (Lipinski definition) is 1. The fraction of sp³-hybridized carbons (Fsp3) is 0.364. The Morgan fingerprint density at radius 3 is 2.15 bits per heavy atom. The Labute approximate surface area is 81.9 Å². The summed E-state index contributed by atoms with van der Waals surface area (Å²) in [6.07, 6.45) is 0. The molecule has 0 aliphatic rings. The van der Waals surface area contributed by atoms with Gasteiger partial charge in [-0.15, -0.1) is 0 Å². The number of rotatable bonds is 2. The summed E-state index contributed by atoms with van der Waals surface area (Å²) in [5, 5.41) is 9.14. The second kappa shape index (κ2) is 4.02. The van der Waals surface area contributed by atoms with Gasteiger partial charge in [-0.05, 0) is 13.9 Å². The summed E-state index contributed by atoms with van der Waals surface area (Å²) in [6.45, 7) is 6.27. The van der Waals surface area contributed by atoms with Crippen LogP contribution in [0.5, 0.6) is 0 Å². The standard InChI is InChI=1S/C11H16NP/c1-11(2,3)10(12)13-9-7-5-4-6-8-9/h4-8,12-13H,1-3H3. The number of nitrogens with one attached hydrogen (secondary N) is 1. The highest BCUT2D eigenvalue weighted by Gasteiger charge is 2.16. The Morgan fingerprint density at radius 1 is 1.15 bits per heavy atom. The first kappa shape index (κ1) is 10.4. The van der Waals surface area contributed by atoms with Crippen LogP contribution in [0.25, 0.3) is 0 Å². The number of hydrogen-bond donors (Lipinski definition) is 1. The molecule has 0 heterocycles. The van der Waals surface area contributed by atoms with E-state index < -0.39 is 0 Å². The SMILES string of the molecule is CC(C)(C)C(=N)Pc1ccccc1. The highest BCUT2D eigenvalue weighted by atomic mass is 31.1.